The summed E-state index contributed by atoms with van der Waals surface area (Å²) < 4.78 is 1.90. The summed E-state index contributed by atoms with van der Waals surface area (Å²) in [5, 5.41) is 6.85. The number of para-hydroxylation sites is 1. The number of hydrogen-bond donors (Lipinski definition) is 2. The molecule has 1 aromatic carbocycles. The van der Waals surface area contributed by atoms with E-state index in [1.807, 2.05) is 41.9 Å². The molecule has 1 aliphatic rings. The highest BCUT2D eigenvalue weighted by Gasteiger charge is 2.17. The Balaban J connectivity index is 1.43. The number of carbonyl (C=O) groups is 2. The predicted molar refractivity (Wildman–Crippen MR) is 99.5 cm³/mol. The third-order valence-corrected chi connectivity index (χ3v) is 5.12. The van der Waals surface area contributed by atoms with Crippen molar-refractivity contribution >= 4 is 22.7 Å². The smallest absolute Gasteiger partial charge is 0.267 e. The van der Waals surface area contributed by atoms with E-state index >= 15 is 0 Å². The van der Waals surface area contributed by atoms with Gasteiger partial charge in [-0.15, -0.1) is 0 Å². The number of fused-ring (bicyclic) bond motifs is 1. The molecule has 0 aliphatic heterocycles. The van der Waals surface area contributed by atoms with Gasteiger partial charge < -0.3 is 15.2 Å². The molecule has 0 radical (unpaired) electrons. The van der Waals surface area contributed by atoms with Crippen LogP contribution in [0.2, 0.25) is 0 Å². The lowest BCUT2D eigenvalue weighted by Gasteiger charge is -2.20. The summed E-state index contributed by atoms with van der Waals surface area (Å²) in [5.74, 6) is 0.533. The molecule has 5 heteroatoms. The average Bonchev–Trinajstić information content (AvgIpc) is 2.97. The van der Waals surface area contributed by atoms with Crippen LogP contribution in [-0.2, 0) is 11.8 Å². The summed E-state index contributed by atoms with van der Waals surface area (Å²) in [4.78, 5) is 24.3. The minimum atomic E-state index is -0.111. The van der Waals surface area contributed by atoms with Gasteiger partial charge in [0.1, 0.15) is 5.69 Å². The predicted octanol–water partition coefficient (Wildman–Crippen LogP) is 2.99. The first-order valence-corrected chi connectivity index (χ1v) is 9.24. The van der Waals surface area contributed by atoms with Crippen molar-refractivity contribution in [1.29, 1.82) is 0 Å². The Kier molecular flexibility index (Phi) is 5.74. The third kappa shape index (κ3) is 4.41. The normalized spacial score (nSPS) is 15.2. The van der Waals surface area contributed by atoms with Crippen LogP contribution in [0.5, 0.6) is 0 Å². The summed E-state index contributed by atoms with van der Waals surface area (Å²) in [6.07, 6.45) is 6.77. The first-order valence-electron chi connectivity index (χ1n) is 9.24. The first kappa shape index (κ1) is 17.5. The zero-order chi connectivity index (χ0) is 17.6. The van der Waals surface area contributed by atoms with E-state index in [4.69, 9.17) is 0 Å². The quantitative estimate of drug-likeness (QED) is 0.794. The maximum atomic E-state index is 12.4. The number of rotatable bonds is 6. The van der Waals surface area contributed by atoms with E-state index < -0.39 is 0 Å². The van der Waals surface area contributed by atoms with Gasteiger partial charge in [0.15, 0.2) is 0 Å². The van der Waals surface area contributed by atoms with E-state index in [1.165, 1.54) is 32.1 Å². The molecule has 2 aromatic rings. The Hall–Kier alpha value is -2.30. The van der Waals surface area contributed by atoms with Gasteiger partial charge in [-0.3, -0.25) is 9.59 Å². The molecule has 134 valence electrons. The van der Waals surface area contributed by atoms with Crippen molar-refractivity contribution in [2.24, 2.45) is 13.0 Å². The van der Waals surface area contributed by atoms with Gasteiger partial charge in [0.2, 0.25) is 5.91 Å². The number of amides is 2. The van der Waals surface area contributed by atoms with E-state index in [0.29, 0.717) is 31.1 Å². The molecule has 2 N–H and O–H groups in total. The van der Waals surface area contributed by atoms with Gasteiger partial charge in [0, 0.05) is 37.5 Å². The number of carbonyl (C=O) groups excluding carboxylic acids is 2. The van der Waals surface area contributed by atoms with Crippen LogP contribution in [0.15, 0.2) is 30.3 Å². The van der Waals surface area contributed by atoms with E-state index in [9.17, 15) is 9.59 Å². The summed E-state index contributed by atoms with van der Waals surface area (Å²) >= 11 is 0. The summed E-state index contributed by atoms with van der Waals surface area (Å²) in [6, 6.07) is 9.82. The first-order chi connectivity index (χ1) is 12.1. The molecule has 0 atom stereocenters. The van der Waals surface area contributed by atoms with Gasteiger partial charge in [0.05, 0.1) is 0 Å². The second-order valence-electron chi connectivity index (χ2n) is 6.96. The molecular formula is C20H27N3O2. The van der Waals surface area contributed by atoms with E-state index in [-0.39, 0.29) is 11.8 Å². The maximum Gasteiger partial charge on any atom is 0.267 e. The van der Waals surface area contributed by atoms with Crippen LogP contribution in [0.25, 0.3) is 10.9 Å². The number of nitrogens with zero attached hydrogens (tertiary/aromatic N) is 1. The molecule has 1 aliphatic carbocycles. The highest BCUT2D eigenvalue weighted by atomic mass is 16.2. The molecule has 1 aromatic heterocycles. The van der Waals surface area contributed by atoms with Gasteiger partial charge in [-0.1, -0.05) is 37.5 Å². The van der Waals surface area contributed by atoms with Crippen LogP contribution in [-0.4, -0.2) is 29.5 Å². The second kappa shape index (κ2) is 8.19. The largest absolute Gasteiger partial charge is 0.354 e. The van der Waals surface area contributed by atoms with Gasteiger partial charge in [0.25, 0.3) is 5.91 Å². The zero-order valence-electron chi connectivity index (χ0n) is 14.9. The van der Waals surface area contributed by atoms with Crippen LogP contribution in [0.4, 0.5) is 0 Å². The van der Waals surface area contributed by atoms with Crippen molar-refractivity contribution in [1.82, 2.24) is 15.2 Å². The van der Waals surface area contributed by atoms with Crippen molar-refractivity contribution in [3.63, 3.8) is 0 Å². The molecule has 5 nitrogen and oxygen atoms in total. The molecule has 2 amide bonds. The molecular weight excluding hydrogens is 314 g/mol. The number of aromatic nitrogens is 1. The summed E-state index contributed by atoms with van der Waals surface area (Å²) in [7, 11) is 1.89. The number of hydrogen-bond acceptors (Lipinski definition) is 2. The van der Waals surface area contributed by atoms with Gasteiger partial charge >= 0.3 is 0 Å². The Bertz CT molecular complexity index is 744. The maximum absolute atomic E-state index is 12.4. The van der Waals surface area contributed by atoms with Gasteiger partial charge in [-0.2, -0.15) is 0 Å². The van der Waals surface area contributed by atoms with E-state index in [0.717, 1.165) is 10.9 Å². The fourth-order valence-corrected chi connectivity index (χ4v) is 3.70. The lowest BCUT2D eigenvalue weighted by Crippen LogP contribution is -2.36. The Morgan fingerprint density at radius 3 is 2.56 bits per heavy atom. The van der Waals surface area contributed by atoms with Crippen LogP contribution in [0.3, 0.4) is 0 Å². The molecule has 1 fully saturated rings. The zero-order valence-corrected chi connectivity index (χ0v) is 14.9. The molecule has 0 unspecified atom stereocenters. The number of benzene rings is 1. The minimum Gasteiger partial charge on any atom is -0.354 e. The molecule has 1 heterocycles. The summed E-state index contributed by atoms with van der Waals surface area (Å²) in [6.45, 7) is 0.915. The van der Waals surface area contributed by atoms with Crippen LogP contribution in [0, 0.1) is 5.92 Å². The number of nitrogens with one attached hydrogen (secondary N) is 2. The molecule has 1 saturated carbocycles. The van der Waals surface area contributed by atoms with Crippen LogP contribution >= 0.6 is 0 Å². The van der Waals surface area contributed by atoms with Gasteiger partial charge in [-0.25, -0.2) is 0 Å². The van der Waals surface area contributed by atoms with Crippen molar-refractivity contribution < 1.29 is 9.59 Å². The SMILES string of the molecule is Cn1c(C(=O)NCCNC(=O)CC2CCCCC2)cc2ccccc21. The molecule has 25 heavy (non-hydrogen) atoms. The van der Waals surface area contributed by atoms with Crippen molar-refractivity contribution in [2.75, 3.05) is 13.1 Å². The van der Waals surface area contributed by atoms with Crippen molar-refractivity contribution in [3.8, 4) is 0 Å². The Morgan fingerprint density at radius 1 is 1.08 bits per heavy atom. The van der Waals surface area contributed by atoms with Crippen LogP contribution in [0.1, 0.15) is 49.0 Å². The fraction of sp³-hybridized carbons (Fsp3) is 0.500. The van der Waals surface area contributed by atoms with Crippen LogP contribution < -0.4 is 10.6 Å². The van der Waals surface area contributed by atoms with Crippen molar-refractivity contribution in [2.45, 2.75) is 38.5 Å². The third-order valence-electron chi connectivity index (χ3n) is 5.12. The van der Waals surface area contributed by atoms with E-state index in [1.54, 1.807) is 0 Å². The average molecular weight is 341 g/mol. The lowest BCUT2D eigenvalue weighted by atomic mass is 9.87. The Morgan fingerprint density at radius 2 is 1.80 bits per heavy atom. The minimum absolute atomic E-state index is 0.103. The molecule has 0 saturated heterocycles. The lowest BCUT2D eigenvalue weighted by molar-refractivity contribution is -0.122. The molecule has 0 bridgehead atoms. The highest BCUT2D eigenvalue weighted by Crippen LogP contribution is 2.26. The van der Waals surface area contributed by atoms with Crippen molar-refractivity contribution in [3.05, 3.63) is 36.0 Å². The molecule has 3 rings (SSSR count). The van der Waals surface area contributed by atoms with E-state index in [2.05, 4.69) is 10.6 Å². The monoisotopic (exact) mass is 341 g/mol. The second-order valence-corrected chi connectivity index (χ2v) is 6.96. The highest BCUT2D eigenvalue weighted by molar-refractivity contribution is 5.98. The number of aryl methyl sites for hydroxylation is 1. The fourth-order valence-electron chi connectivity index (χ4n) is 3.70. The van der Waals surface area contributed by atoms with Gasteiger partial charge in [-0.05, 0) is 30.9 Å². The standard InChI is InChI=1S/C20H27N3O2/c1-23-17-10-6-5-9-16(17)14-18(23)20(25)22-12-11-21-19(24)13-15-7-3-2-4-8-15/h5-6,9-10,14-15H,2-4,7-8,11-13H2,1H3,(H,21,24)(H,22,25). The topological polar surface area (TPSA) is 63.1 Å². The molecule has 0 spiro atoms. The Labute approximate surface area is 148 Å². The summed E-state index contributed by atoms with van der Waals surface area (Å²) in [5.41, 5.74) is 1.67.